The van der Waals surface area contributed by atoms with Crippen molar-refractivity contribution >= 4 is 17.2 Å². The van der Waals surface area contributed by atoms with Crippen LogP contribution in [-0.4, -0.2) is 15.3 Å². The van der Waals surface area contributed by atoms with E-state index in [1.54, 1.807) is 13.1 Å². The normalized spacial score (nSPS) is 10.7. The number of nitrogens with one attached hydrogen (secondary N) is 1. The zero-order valence-corrected chi connectivity index (χ0v) is 13.0. The fraction of sp³-hybridized carbons (Fsp3) is 0.167. The third-order valence-electron chi connectivity index (χ3n) is 3.64. The van der Waals surface area contributed by atoms with Crippen LogP contribution < -0.4 is 10.9 Å². The Labute approximate surface area is 133 Å². The minimum atomic E-state index is -0.270. The summed E-state index contributed by atoms with van der Waals surface area (Å²) in [6.07, 6.45) is 1.89. The maximum absolute atomic E-state index is 12.6. The van der Waals surface area contributed by atoms with Crippen molar-refractivity contribution in [2.24, 2.45) is 0 Å². The summed E-state index contributed by atoms with van der Waals surface area (Å²) < 4.78 is 1.44. The molecule has 0 aliphatic rings. The lowest BCUT2D eigenvalue weighted by molar-refractivity contribution is -0.115. The smallest absolute Gasteiger partial charge is 0.281 e. The average molecular weight is 307 g/mol. The number of pyridine rings is 1. The number of hydrogen-bond donors (Lipinski definition) is 1. The van der Waals surface area contributed by atoms with Crippen molar-refractivity contribution in [3.63, 3.8) is 0 Å². The Balaban J connectivity index is 1.92. The van der Waals surface area contributed by atoms with E-state index in [0.29, 0.717) is 11.3 Å². The highest BCUT2D eigenvalue weighted by atomic mass is 16.2. The summed E-state index contributed by atoms with van der Waals surface area (Å²) in [6.45, 7) is 3.67. The first-order valence-corrected chi connectivity index (χ1v) is 7.38. The van der Waals surface area contributed by atoms with Gasteiger partial charge in [-0.25, -0.2) is 4.98 Å². The number of rotatable bonds is 3. The van der Waals surface area contributed by atoms with Gasteiger partial charge in [0.05, 0.1) is 12.1 Å². The first-order chi connectivity index (χ1) is 11.0. The Morgan fingerprint density at radius 3 is 2.65 bits per heavy atom. The number of carbonyl (C=O) groups is 1. The van der Waals surface area contributed by atoms with E-state index in [2.05, 4.69) is 10.3 Å². The molecule has 5 heteroatoms. The zero-order chi connectivity index (χ0) is 16.4. The number of amides is 1. The average Bonchev–Trinajstić information content (AvgIpc) is 2.52. The van der Waals surface area contributed by atoms with Gasteiger partial charge in [0.1, 0.15) is 11.3 Å². The standard InChI is InChI=1S/C18H17N3O2/c1-12-8-9-21-15(10-12)19-13(2)17(18(21)23)20-16(22)11-14-6-4-3-5-7-14/h3-10H,11H2,1-2H3,(H,20,22). The molecule has 0 radical (unpaired) electrons. The van der Waals surface area contributed by atoms with Crippen LogP contribution in [0.5, 0.6) is 0 Å². The van der Waals surface area contributed by atoms with E-state index >= 15 is 0 Å². The molecule has 0 unspecified atom stereocenters. The van der Waals surface area contributed by atoms with Crippen LogP contribution in [-0.2, 0) is 11.2 Å². The summed E-state index contributed by atoms with van der Waals surface area (Å²) in [4.78, 5) is 29.2. The van der Waals surface area contributed by atoms with E-state index in [1.807, 2.05) is 49.4 Å². The molecule has 2 heterocycles. The highest BCUT2D eigenvalue weighted by Crippen LogP contribution is 2.11. The highest BCUT2D eigenvalue weighted by molar-refractivity contribution is 5.92. The van der Waals surface area contributed by atoms with Crippen LogP contribution in [0, 0.1) is 13.8 Å². The van der Waals surface area contributed by atoms with Gasteiger partial charge in [-0.2, -0.15) is 0 Å². The Kier molecular flexibility index (Phi) is 3.93. The van der Waals surface area contributed by atoms with Crippen molar-refractivity contribution in [2.45, 2.75) is 20.3 Å². The number of aromatic nitrogens is 2. The van der Waals surface area contributed by atoms with Gasteiger partial charge in [0.25, 0.3) is 5.56 Å². The first-order valence-electron chi connectivity index (χ1n) is 7.38. The Morgan fingerprint density at radius 1 is 1.17 bits per heavy atom. The number of aryl methyl sites for hydroxylation is 2. The molecule has 0 atom stereocenters. The van der Waals surface area contributed by atoms with Gasteiger partial charge in [0.2, 0.25) is 5.91 Å². The molecule has 1 amide bonds. The number of hydrogen-bond acceptors (Lipinski definition) is 3. The lowest BCUT2D eigenvalue weighted by atomic mass is 10.1. The number of fused-ring (bicyclic) bond motifs is 1. The maximum atomic E-state index is 12.6. The molecule has 3 rings (SSSR count). The van der Waals surface area contributed by atoms with Gasteiger partial charge < -0.3 is 5.32 Å². The van der Waals surface area contributed by atoms with Crippen molar-refractivity contribution in [1.29, 1.82) is 0 Å². The van der Waals surface area contributed by atoms with Crippen LogP contribution in [0.3, 0.4) is 0 Å². The first kappa shape index (κ1) is 15.0. The Hall–Kier alpha value is -2.95. The van der Waals surface area contributed by atoms with Crippen LogP contribution in [0.1, 0.15) is 16.8 Å². The summed E-state index contributed by atoms with van der Waals surface area (Å²) in [6, 6.07) is 13.1. The van der Waals surface area contributed by atoms with Gasteiger partial charge in [-0.3, -0.25) is 14.0 Å². The molecule has 23 heavy (non-hydrogen) atoms. The number of benzene rings is 1. The van der Waals surface area contributed by atoms with Gasteiger partial charge in [-0.1, -0.05) is 30.3 Å². The molecule has 5 nitrogen and oxygen atoms in total. The lowest BCUT2D eigenvalue weighted by Gasteiger charge is -2.10. The monoisotopic (exact) mass is 307 g/mol. The van der Waals surface area contributed by atoms with E-state index in [4.69, 9.17) is 0 Å². The van der Waals surface area contributed by atoms with Crippen LogP contribution in [0.25, 0.3) is 5.65 Å². The molecule has 0 spiro atoms. The quantitative estimate of drug-likeness (QED) is 0.808. The minimum Gasteiger partial charge on any atom is -0.320 e. The second kappa shape index (κ2) is 6.04. The summed E-state index contributed by atoms with van der Waals surface area (Å²) in [5, 5.41) is 2.70. The van der Waals surface area contributed by atoms with Gasteiger partial charge in [0.15, 0.2) is 0 Å². The second-order valence-electron chi connectivity index (χ2n) is 5.52. The lowest BCUT2D eigenvalue weighted by Crippen LogP contribution is -2.25. The summed E-state index contributed by atoms with van der Waals surface area (Å²) in [5.41, 5.74) is 2.97. The van der Waals surface area contributed by atoms with Crippen LogP contribution in [0.2, 0.25) is 0 Å². The number of anilines is 1. The number of carbonyl (C=O) groups excluding carboxylic acids is 1. The third-order valence-corrected chi connectivity index (χ3v) is 3.64. The molecule has 0 saturated carbocycles. The molecule has 0 fully saturated rings. The van der Waals surface area contributed by atoms with E-state index < -0.39 is 0 Å². The topological polar surface area (TPSA) is 63.5 Å². The molecular weight excluding hydrogens is 290 g/mol. The maximum Gasteiger partial charge on any atom is 0.281 e. The second-order valence-corrected chi connectivity index (χ2v) is 5.52. The molecule has 0 aliphatic heterocycles. The van der Waals surface area contributed by atoms with Gasteiger partial charge >= 0.3 is 0 Å². The fourth-order valence-corrected chi connectivity index (χ4v) is 2.46. The van der Waals surface area contributed by atoms with Crippen molar-refractivity contribution < 1.29 is 4.79 Å². The van der Waals surface area contributed by atoms with Gasteiger partial charge in [-0.05, 0) is 37.1 Å². The molecular formula is C18H17N3O2. The van der Waals surface area contributed by atoms with Gasteiger partial charge in [0, 0.05) is 6.20 Å². The molecule has 0 saturated heterocycles. The van der Waals surface area contributed by atoms with Crippen molar-refractivity contribution in [3.8, 4) is 0 Å². The van der Waals surface area contributed by atoms with E-state index in [-0.39, 0.29) is 23.6 Å². The number of nitrogens with zero attached hydrogens (tertiary/aromatic N) is 2. The third kappa shape index (κ3) is 3.13. The predicted octanol–water partition coefficient (Wildman–Crippen LogP) is 2.49. The van der Waals surface area contributed by atoms with Gasteiger partial charge in [-0.15, -0.1) is 0 Å². The molecule has 1 aromatic carbocycles. The molecule has 116 valence electrons. The highest BCUT2D eigenvalue weighted by Gasteiger charge is 2.13. The Morgan fingerprint density at radius 2 is 1.91 bits per heavy atom. The summed E-state index contributed by atoms with van der Waals surface area (Å²) in [7, 11) is 0. The molecule has 1 N–H and O–H groups in total. The molecule has 0 aliphatic carbocycles. The van der Waals surface area contributed by atoms with Crippen molar-refractivity contribution in [3.05, 3.63) is 75.8 Å². The molecule has 3 aromatic rings. The summed E-state index contributed by atoms with van der Waals surface area (Å²) >= 11 is 0. The Bertz CT molecular complexity index is 930. The fourth-order valence-electron chi connectivity index (χ4n) is 2.46. The van der Waals surface area contributed by atoms with E-state index in [1.165, 1.54) is 4.40 Å². The van der Waals surface area contributed by atoms with Crippen LogP contribution in [0.4, 0.5) is 5.69 Å². The summed E-state index contributed by atoms with van der Waals surface area (Å²) in [5.74, 6) is -0.231. The molecule has 2 aromatic heterocycles. The van der Waals surface area contributed by atoms with Crippen LogP contribution in [0.15, 0.2) is 53.5 Å². The van der Waals surface area contributed by atoms with Crippen LogP contribution >= 0.6 is 0 Å². The largest absolute Gasteiger partial charge is 0.320 e. The van der Waals surface area contributed by atoms with Crippen molar-refractivity contribution in [2.75, 3.05) is 5.32 Å². The zero-order valence-electron chi connectivity index (χ0n) is 13.0. The predicted molar refractivity (Wildman–Crippen MR) is 89.7 cm³/mol. The SMILES string of the molecule is Cc1ccn2c(=O)c(NC(=O)Cc3ccccc3)c(C)nc2c1. The van der Waals surface area contributed by atoms with Crippen molar-refractivity contribution in [1.82, 2.24) is 9.38 Å². The molecule has 0 bridgehead atoms. The minimum absolute atomic E-state index is 0.219. The van der Waals surface area contributed by atoms with E-state index in [0.717, 1.165) is 11.1 Å². The van der Waals surface area contributed by atoms with E-state index in [9.17, 15) is 9.59 Å².